The normalized spacial score (nSPS) is 10.5. The second-order valence-corrected chi connectivity index (χ2v) is 3.77. The van der Waals surface area contributed by atoms with Gasteiger partial charge in [0.05, 0.1) is 6.54 Å². The number of halogens is 1. The van der Waals surface area contributed by atoms with Gasteiger partial charge in [0.1, 0.15) is 5.02 Å². The molecule has 0 fully saturated rings. The van der Waals surface area contributed by atoms with Crippen molar-refractivity contribution >= 4 is 17.4 Å². The van der Waals surface area contributed by atoms with Crippen LogP contribution < -0.4 is 5.73 Å². The maximum absolute atomic E-state index is 5.81. The zero-order valence-electron chi connectivity index (χ0n) is 8.31. The van der Waals surface area contributed by atoms with E-state index >= 15 is 0 Å². The first-order valence-corrected chi connectivity index (χ1v) is 4.93. The molecular formula is C10H11ClN4. The highest BCUT2D eigenvalue weighted by Crippen LogP contribution is 2.16. The van der Waals surface area contributed by atoms with E-state index in [1.165, 1.54) is 0 Å². The molecule has 0 unspecified atom stereocenters. The predicted molar refractivity (Wildman–Crippen MR) is 59.7 cm³/mol. The van der Waals surface area contributed by atoms with Crippen LogP contribution in [-0.2, 0) is 6.54 Å². The number of nitrogens with zero attached hydrogens (tertiary/aromatic N) is 3. The molecule has 0 spiro atoms. The number of rotatable bonds is 2. The van der Waals surface area contributed by atoms with Gasteiger partial charge in [0.15, 0.2) is 5.82 Å². The van der Waals surface area contributed by atoms with Gasteiger partial charge in [-0.1, -0.05) is 11.6 Å². The second kappa shape index (κ2) is 3.90. The van der Waals surface area contributed by atoms with Gasteiger partial charge in [-0.25, -0.2) is 0 Å². The number of nitrogens with two attached hydrogens (primary N) is 1. The van der Waals surface area contributed by atoms with Gasteiger partial charge in [-0.3, -0.25) is 9.67 Å². The van der Waals surface area contributed by atoms with Crippen molar-refractivity contribution in [1.82, 2.24) is 14.8 Å². The van der Waals surface area contributed by atoms with Gasteiger partial charge < -0.3 is 5.73 Å². The lowest BCUT2D eigenvalue weighted by atomic mass is 10.2. The third-order valence-electron chi connectivity index (χ3n) is 2.05. The Labute approximate surface area is 92.7 Å². The summed E-state index contributed by atoms with van der Waals surface area (Å²) >= 11 is 5.81. The highest BCUT2D eigenvalue weighted by atomic mass is 35.5. The number of anilines is 1. The summed E-state index contributed by atoms with van der Waals surface area (Å²) in [5.74, 6) is 0.363. The highest BCUT2D eigenvalue weighted by molar-refractivity contribution is 6.32. The van der Waals surface area contributed by atoms with Crippen LogP contribution in [0.1, 0.15) is 11.3 Å². The summed E-state index contributed by atoms with van der Waals surface area (Å²) in [7, 11) is 0. The van der Waals surface area contributed by atoms with E-state index in [2.05, 4.69) is 10.1 Å². The van der Waals surface area contributed by atoms with Crippen molar-refractivity contribution in [2.24, 2.45) is 0 Å². The van der Waals surface area contributed by atoms with E-state index in [0.29, 0.717) is 17.4 Å². The fourth-order valence-corrected chi connectivity index (χ4v) is 1.53. The lowest BCUT2D eigenvalue weighted by Crippen LogP contribution is -2.01. The smallest absolute Gasteiger partial charge is 0.164 e. The van der Waals surface area contributed by atoms with Crippen molar-refractivity contribution in [1.29, 1.82) is 0 Å². The minimum atomic E-state index is 0.363. The Morgan fingerprint density at radius 3 is 2.93 bits per heavy atom. The molecule has 0 bridgehead atoms. The summed E-state index contributed by atoms with van der Waals surface area (Å²) in [5, 5.41) is 4.56. The van der Waals surface area contributed by atoms with Crippen molar-refractivity contribution < 1.29 is 0 Å². The average molecular weight is 223 g/mol. The molecule has 2 rings (SSSR count). The van der Waals surface area contributed by atoms with Crippen LogP contribution in [0.15, 0.2) is 24.5 Å². The van der Waals surface area contributed by atoms with Gasteiger partial charge >= 0.3 is 0 Å². The molecule has 0 aliphatic rings. The molecule has 2 N–H and O–H groups in total. The Morgan fingerprint density at radius 1 is 1.53 bits per heavy atom. The summed E-state index contributed by atoms with van der Waals surface area (Å²) < 4.78 is 1.71. The van der Waals surface area contributed by atoms with Gasteiger partial charge in [0.2, 0.25) is 0 Å². The quantitative estimate of drug-likeness (QED) is 0.844. The molecule has 2 aromatic rings. The molecule has 2 aromatic heterocycles. The fraction of sp³-hybridized carbons (Fsp3) is 0.200. The van der Waals surface area contributed by atoms with Crippen LogP contribution in [0.5, 0.6) is 0 Å². The first-order chi connectivity index (χ1) is 7.15. The van der Waals surface area contributed by atoms with Crippen LogP contribution in [0.25, 0.3) is 0 Å². The van der Waals surface area contributed by atoms with E-state index in [1.807, 2.05) is 19.1 Å². The molecule has 0 atom stereocenters. The van der Waals surface area contributed by atoms with Gasteiger partial charge in [-0.2, -0.15) is 5.10 Å². The van der Waals surface area contributed by atoms with Crippen molar-refractivity contribution in [3.05, 3.63) is 40.8 Å². The Kier molecular flexibility index (Phi) is 2.60. The molecule has 78 valence electrons. The molecule has 5 heteroatoms. The lowest BCUT2D eigenvalue weighted by Gasteiger charge is -2.01. The van der Waals surface area contributed by atoms with Gasteiger partial charge in [-0.15, -0.1) is 0 Å². The Morgan fingerprint density at radius 2 is 2.33 bits per heavy atom. The lowest BCUT2D eigenvalue weighted by molar-refractivity contribution is 0.689. The Hall–Kier alpha value is -1.55. The van der Waals surface area contributed by atoms with E-state index in [9.17, 15) is 0 Å². The molecular weight excluding hydrogens is 212 g/mol. The Bertz CT molecular complexity index is 459. The van der Waals surface area contributed by atoms with Crippen LogP contribution in [-0.4, -0.2) is 14.8 Å². The minimum absolute atomic E-state index is 0.363. The molecule has 0 aromatic carbocycles. The van der Waals surface area contributed by atoms with E-state index in [1.54, 1.807) is 17.1 Å². The molecule has 0 saturated carbocycles. The van der Waals surface area contributed by atoms with E-state index < -0.39 is 0 Å². The SMILES string of the molecule is Cc1cc(Cn2cc(Cl)c(N)n2)ccn1. The zero-order chi connectivity index (χ0) is 10.8. The minimum Gasteiger partial charge on any atom is -0.381 e. The number of hydrogen-bond acceptors (Lipinski definition) is 3. The third-order valence-corrected chi connectivity index (χ3v) is 2.34. The summed E-state index contributed by atoms with van der Waals surface area (Å²) in [6, 6.07) is 3.95. The molecule has 4 nitrogen and oxygen atoms in total. The second-order valence-electron chi connectivity index (χ2n) is 3.37. The van der Waals surface area contributed by atoms with Crippen molar-refractivity contribution in [2.45, 2.75) is 13.5 Å². The van der Waals surface area contributed by atoms with Crippen LogP contribution >= 0.6 is 11.6 Å². The van der Waals surface area contributed by atoms with Crippen molar-refractivity contribution in [3.8, 4) is 0 Å². The number of aromatic nitrogens is 3. The van der Waals surface area contributed by atoms with Crippen LogP contribution in [0.4, 0.5) is 5.82 Å². The average Bonchev–Trinajstić information content (AvgIpc) is 2.45. The zero-order valence-corrected chi connectivity index (χ0v) is 9.07. The third kappa shape index (κ3) is 2.27. The number of aryl methyl sites for hydroxylation is 1. The largest absolute Gasteiger partial charge is 0.381 e. The van der Waals surface area contributed by atoms with Crippen LogP contribution in [0.3, 0.4) is 0 Å². The van der Waals surface area contributed by atoms with Gasteiger partial charge in [0.25, 0.3) is 0 Å². The number of pyridine rings is 1. The maximum Gasteiger partial charge on any atom is 0.164 e. The maximum atomic E-state index is 5.81. The first kappa shape index (κ1) is 9.98. The molecule has 0 saturated heterocycles. The molecule has 0 aliphatic heterocycles. The van der Waals surface area contributed by atoms with E-state index in [4.69, 9.17) is 17.3 Å². The topological polar surface area (TPSA) is 56.7 Å². The summed E-state index contributed by atoms with van der Waals surface area (Å²) in [6.07, 6.45) is 3.49. The van der Waals surface area contributed by atoms with Crippen molar-refractivity contribution in [3.63, 3.8) is 0 Å². The summed E-state index contributed by atoms with van der Waals surface area (Å²) in [6.45, 7) is 2.61. The molecule has 2 heterocycles. The van der Waals surface area contributed by atoms with Gasteiger partial charge in [0, 0.05) is 18.1 Å². The molecule has 15 heavy (non-hydrogen) atoms. The first-order valence-electron chi connectivity index (χ1n) is 4.55. The molecule has 0 amide bonds. The van der Waals surface area contributed by atoms with Crippen molar-refractivity contribution in [2.75, 3.05) is 5.73 Å². The van der Waals surface area contributed by atoms with Crippen LogP contribution in [0.2, 0.25) is 5.02 Å². The van der Waals surface area contributed by atoms with Crippen LogP contribution in [0, 0.1) is 6.92 Å². The molecule has 0 aliphatic carbocycles. The standard InChI is InChI=1S/C10H11ClN4/c1-7-4-8(2-3-13-7)5-15-6-9(11)10(12)14-15/h2-4,6H,5H2,1H3,(H2,12,14). The predicted octanol–water partition coefficient (Wildman–Crippen LogP) is 1.87. The number of hydrogen-bond donors (Lipinski definition) is 1. The van der Waals surface area contributed by atoms with E-state index in [0.717, 1.165) is 11.3 Å². The summed E-state index contributed by atoms with van der Waals surface area (Å²) in [5.41, 5.74) is 7.66. The van der Waals surface area contributed by atoms with E-state index in [-0.39, 0.29) is 0 Å². The van der Waals surface area contributed by atoms with Gasteiger partial charge in [-0.05, 0) is 24.6 Å². The highest BCUT2D eigenvalue weighted by Gasteiger charge is 2.03. The number of nitrogen functional groups attached to an aromatic ring is 1. The monoisotopic (exact) mass is 222 g/mol. The fourth-order valence-electron chi connectivity index (χ4n) is 1.38. The summed E-state index contributed by atoms with van der Waals surface area (Å²) in [4.78, 5) is 4.12. The molecule has 0 radical (unpaired) electrons. The Balaban J connectivity index is 2.22.